The molecule has 1 heterocycles. The van der Waals surface area contributed by atoms with Gasteiger partial charge in [-0.3, -0.25) is 0 Å². The van der Waals surface area contributed by atoms with Gasteiger partial charge in [-0.1, -0.05) is 53.0 Å². The average Bonchev–Trinajstić information content (AvgIpc) is 2.50. The van der Waals surface area contributed by atoms with Crippen LogP contribution in [-0.4, -0.2) is 11.0 Å². The molecule has 0 spiro atoms. The molecule has 0 N–H and O–H groups in total. The number of aromatic nitrogens is 1. The smallest absolute Gasteiger partial charge is 0.358 e. The van der Waals surface area contributed by atoms with Crippen molar-refractivity contribution in [1.82, 2.24) is 4.98 Å². The number of hydrogen-bond acceptors (Lipinski definition) is 4. The number of rotatable bonds is 3. The number of hydrogen-bond donors (Lipinski definition) is 0. The number of nitriles is 1. The minimum atomic E-state index is -0.744. The fourth-order valence-electron chi connectivity index (χ4n) is 1.55. The first-order valence-corrected chi connectivity index (χ1v) is 6.82. The molecule has 0 unspecified atom stereocenters. The van der Waals surface area contributed by atoms with Crippen LogP contribution in [-0.2, 0) is 11.3 Å². The highest BCUT2D eigenvalue weighted by Gasteiger charge is 2.18. The van der Waals surface area contributed by atoms with Crippen molar-refractivity contribution in [3.63, 3.8) is 0 Å². The Labute approximate surface area is 135 Å². The van der Waals surface area contributed by atoms with E-state index in [1.54, 1.807) is 24.3 Å². The zero-order chi connectivity index (χ0) is 15.4. The van der Waals surface area contributed by atoms with Gasteiger partial charge < -0.3 is 4.74 Å². The summed E-state index contributed by atoms with van der Waals surface area (Å²) in [4.78, 5) is 15.8. The van der Waals surface area contributed by atoms with Gasteiger partial charge >= 0.3 is 5.97 Å². The highest BCUT2D eigenvalue weighted by molar-refractivity contribution is 6.48. The number of nitrogens with zero attached hydrogens (tertiary/aromatic N) is 2. The summed E-state index contributed by atoms with van der Waals surface area (Å²) >= 11 is 17.5. The molecule has 21 heavy (non-hydrogen) atoms. The summed E-state index contributed by atoms with van der Waals surface area (Å²) in [6, 6.07) is 8.81. The molecule has 1 aromatic heterocycles. The van der Waals surface area contributed by atoms with Crippen LogP contribution in [0.1, 0.15) is 21.6 Å². The molecule has 0 aliphatic carbocycles. The van der Waals surface area contributed by atoms with Crippen LogP contribution >= 0.6 is 34.8 Å². The van der Waals surface area contributed by atoms with Crippen LogP contribution in [0.2, 0.25) is 15.1 Å². The number of carbonyl (C=O) groups is 1. The van der Waals surface area contributed by atoms with Gasteiger partial charge in [-0.15, -0.1) is 0 Å². The van der Waals surface area contributed by atoms with Crippen molar-refractivity contribution in [3.05, 3.63) is 62.4 Å². The molecule has 0 atom stereocenters. The predicted octanol–water partition coefficient (Wildman–Crippen LogP) is 4.27. The molecular formula is C14H7Cl3N2O2. The second-order valence-corrected chi connectivity index (χ2v) is 5.09. The zero-order valence-electron chi connectivity index (χ0n) is 10.4. The van der Waals surface area contributed by atoms with E-state index in [1.807, 2.05) is 6.07 Å². The minimum absolute atomic E-state index is 0.0395. The molecule has 106 valence electrons. The molecule has 0 saturated heterocycles. The molecule has 0 saturated carbocycles. The van der Waals surface area contributed by atoms with Gasteiger partial charge in [-0.25, -0.2) is 9.78 Å². The van der Waals surface area contributed by atoms with Gasteiger partial charge in [0.05, 0.1) is 26.7 Å². The third kappa shape index (κ3) is 3.45. The zero-order valence-corrected chi connectivity index (χ0v) is 12.7. The summed E-state index contributed by atoms with van der Waals surface area (Å²) in [5.74, 6) is -0.744. The summed E-state index contributed by atoms with van der Waals surface area (Å²) in [5.41, 5.74) is 0.892. The second-order valence-electron chi connectivity index (χ2n) is 3.93. The molecule has 2 rings (SSSR count). The van der Waals surface area contributed by atoms with Gasteiger partial charge in [-0.2, -0.15) is 5.26 Å². The van der Waals surface area contributed by atoms with Crippen LogP contribution in [0, 0.1) is 11.3 Å². The highest BCUT2D eigenvalue weighted by atomic mass is 35.5. The number of halogens is 3. The number of ether oxygens (including phenoxy) is 1. The number of carbonyl (C=O) groups excluding carboxylic acids is 1. The lowest BCUT2D eigenvalue weighted by Gasteiger charge is -2.08. The van der Waals surface area contributed by atoms with Crippen molar-refractivity contribution in [2.45, 2.75) is 6.61 Å². The van der Waals surface area contributed by atoms with Crippen LogP contribution in [0.5, 0.6) is 0 Å². The van der Waals surface area contributed by atoms with Crippen molar-refractivity contribution < 1.29 is 9.53 Å². The van der Waals surface area contributed by atoms with Crippen molar-refractivity contribution >= 4 is 40.8 Å². The Morgan fingerprint density at radius 1 is 1.24 bits per heavy atom. The largest absolute Gasteiger partial charge is 0.456 e. The van der Waals surface area contributed by atoms with E-state index in [0.717, 1.165) is 0 Å². The Hall–Kier alpha value is -1.80. The molecule has 2 aromatic rings. The molecule has 0 aliphatic heterocycles. The van der Waals surface area contributed by atoms with E-state index < -0.39 is 5.97 Å². The van der Waals surface area contributed by atoms with E-state index in [4.69, 9.17) is 44.8 Å². The second kappa shape index (κ2) is 6.77. The Kier molecular flexibility index (Phi) is 5.03. The van der Waals surface area contributed by atoms with Crippen LogP contribution in [0.15, 0.2) is 30.5 Å². The maximum absolute atomic E-state index is 11.9. The molecule has 0 radical (unpaired) electrons. The monoisotopic (exact) mass is 340 g/mol. The van der Waals surface area contributed by atoms with Gasteiger partial charge in [0.2, 0.25) is 0 Å². The summed E-state index contributed by atoms with van der Waals surface area (Å²) in [5, 5.41) is 9.07. The maximum Gasteiger partial charge on any atom is 0.358 e. The van der Waals surface area contributed by atoms with Gasteiger partial charge in [0, 0.05) is 11.8 Å². The number of esters is 1. The quantitative estimate of drug-likeness (QED) is 0.782. The highest BCUT2D eigenvalue weighted by Crippen LogP contribution is 2.31. The van der Waals surface area contributed by atoms with Crippen molar-refractivity contribution in [1.29, 1.82) is 5.26 Å². The van der Waals surface area contributed by atoms with Crippen LogP contribution in [0.4, 0.5) is 0 Å². The molecule has 1 aromatic carbocycles. The standard InChI is InChI=1S/C14H7Cl3N2O2/c15-10-6-19-13(12(17)11(10)16)14(20)21-7-9-4-2-1-3-8(9)5-18/h1-4,6H,7H2. The van der Waals surface area contributed by atoms with E-state index in [2.05, 4.69) is 4.98 Å². The normalized spacial score (nSPS) is 10.0. The van der Waals surface area contributed by atoms with Gasteiger partial charge in [0.15, 0.2) is 5.69 Å². The number of benzene rings is 1. The Morgan fingerprint density at radius 2 is 1.95 bits per heavy atom. The van der Waals surface area contributed by atoms with Crippen molar-refractivity contribution in [2.24, 2.45) is 0 Å². The fraction of sp³-hybridized carbons (Fsp3) is 0.0714. The maximum atomic E-state index is 11.9. The molecular weight excluding hydrogens is 335 g/mol. The van der Waals surface area contributed by atoms with Crippen molar-refractivity contribution in [2.75, 3.05) is 0 Å². The first-order chi connectivity index (χ1) is 10.0. The van der Waals surface area contributed by atoms with Crippen LogP contribution in [0.3, 0.4) is 0 Å². The van der Waals surface area contributed by atoms with E-state index in [-0.39, 0.29) is 27.4 Å². The Morgan fingerprint density at radius 3 is 2.67 bits per heavy atom. The fourth-order valence-corrected chi connectivity index (χ4v) is 2.11. The first kappa shape index (κ1) is 15.6. The number of pyridine rings is 1. The molecule has 0 aliphatic rings. The predicted molar refractivity (Wildman–Crippen MR) is 79.5 cm³/mol. The summed E-state index contributed by atoms with van der Waals surface area (Å²) in [6.45, 7) is -0.0686. The molecule has 0 bridgehead atoms. The molecule has 0 fully saturated rings. The third-order valence-corrected chi connectivity index (χ3v) is 3.85. The van der Waals surface area contributed by atoms with Crippen molar-refractivity contribution in [3.8, 4) is 6.07 Å². The Balaban J connectivity index is 2.16. The first-order valence-electron chi connectivity index (χ1n) is 5.69. The average molecular weight is 342 g/mol. The van der Waals surface area contributed by atoms with E-state index in [1.165, 1.54) is 6.20 Å². The van der Waals surface area contributed by atoms with E-state index in [9.17, 15) is 4.79 Å². The lowest BCUT2D eigenvalue weighted by Crippen LogP contribution is -2.09. The Bertz CT molecular complexity index is 741. The van der Waals surface area contributed by atoms with Gasteiger partial charge in [0.25, 0.3) is 0 Å². The van der Waals surface area contributed by atoms with Gasteiger partial charge in [0.1, 0.15) is 6.61 Å². The SMILES string of the molecule is N#Cc1ccccc1COC(=O)c1ncc(Cl)c(Cl)c1Cl. The van der Waals surface area contributed by atoms with Crippen LogP contribution < -0.4 is 0 Å². The summed E-state index contributed by atoms with van der Waals surface area (Å²) in [6.07, 6.45) is 1.22. The summed E-state index contributed by atoms with van der Waals surface area (Å²) in [7, 11) is 0. The summed E-state index contributed by atoms with van der Waals surface area (Å²) < 4.78 is 5.09. The van der Waals surface area contributed by atoms with E-state index >= 15 is 0 Å². The molecule has 7 heteroatoms. The lowest BCUT2D eigenvalue weighted by molar-refractivity contribution is 0.0465. The lowest BCUT2D eigenvalue weighted by atomic mass is 10.1. The molecule has 0 amide bonds. The minimum Gasteiger partial charge on any atom is -0.456 e. The topological polar surface area (TPSA) is 63.0 Å². The molecule has 4 nitrogen and oxygen atoms in total. The van der Waals surface area contributed by atoms with Gasteiger partial charge in [-0.05, 0) is 6.07 Å². The third-order valence-electron chi connectivity index (χ3n) is 2.61. The van der Waals surface area contributed by atoms with Crippen LogP contribution in [0.25, 0.3) is 0 Å². The van der Waals surface area contributed by atoms with E-state index in [0.29, 0.717) is 11.1 Å².